The highest BCUT2D eigenvalue weighted by molar-refractivity contribution is 7.22. The molecule has 23 heavy (non-hydrogen) atoms. The molecule has 1 aromatic heterocycles. The van der Waals surface area contributed by atoms with E-state index in [2.05, 4.69) is 41.9 Å². The molecule has 1 saturated heterocycles. The van der Waals surface area contributed by atoms with Crippen LogP contribution >= 0.6 is 11.3 Å². The molecule has 0 atom stereocenters. The monoisotopic (exact) mass is 330 g/mol. The van der Waals surface area contributed by atoms with Gasteiger partial charge in [0.15, 0.2) is 5.13 Å². The molecule has 1 N–H and O–H groups in total. The van der Waals surface area contributed by atoms with E-state index in [9.17, 15) is 4.79 Å². The summed E-state index contributed by atoms with van der Waals surface area (Å²) in [7, 11) is 0. The van der Waals surface area contributed by atoms with Crippen LogP contribution in [0.3, 0.4) is 0 Å². The molecule has 2 amide bonds. The lowest BCUT2D eigenvalue weighted by Crippen LogP contribution is -2.51. The second-order valence-corrected chi connectivity index (χ2v) is 6.61. The van der Waals surface area contributed by atoms with Gasteiger partial charge in [-0.25, -0.2) is 9.78 Å². The largest absolute Gasteiger partial charge is 0.345 e. The fourth-order valence-corrected chi connectivity index (χ4v) is 3.77. The second-order valence-electron chi connectivity index (χ2n) is 5.60. The van der Waals surface area contributed by atoms with E-state index in [1.54, 1.807) is 17.4 Å². The topological polar surface area (TPSA) is 48.5 Å². The van der Waals surface area contributed by atoms with Gasteiger partial charge < -0.3 is 15.1 Å². The fourth-order valence-electron chi connectivity index (χ4n) is 2.68. The van der Waals surface area contributed by atoms with Crippen molar-refractivity contribution in [1.82, 2.24) is 15.2 Å². The maximum absolute atomic E-state index is 11.9. The molecule has 0 radical (unpaired) electrons. The number of hydrogen-bond acceptors (Lipinski definition) is 4. The first kappa shape index (κ1) is 15.8. The van der Waals surface area contributed by atoms with Gasteiger partial charge in [0.25, 0.3) is 0 Å². The summed E-state index contributed by atoms with van der Waals surface area (Å²) in [6.07, 6.45) is 2.74. The lowest BCUT2D eigenvalue weighted by atomic mass is 10.2. The van der Waals surface area contributed by atoms with Crippen molar-refractivity contribution in [2.45, 2.75) is 13.3 Å². The second kappa shape index (κ2) is 7.00. The van der Waals surface area contributed by atoms with Crippen molar-refractivity contribution in [3.63, 3.8) is 0 Å². The maximum atomic E-state index is 11.9. The molecule has 122 valence electrons. The average molecular weight is 330 g/mol. The van der Waals surface area contributed by atoms with Crippen LogP contribution in [-0.2, 0) is 6.42 Å². The summed E-state index contributed by atoms with van der Waals surface area (Å²) in [5.74, 6) is 0. The number of thiazole rings is 1. The SMILES string of the molecule is C=CCNC(=O)N1CCN(c2nc3ccc(CC)cc3s2)CC1. The number of fused-ring (bicyclic) bond motifs is 1. The maximum Gasteiger partial charge on any atom is 0.317 e. The van der Waals surface area contributed by atoms with Crippen LogP contribution in [-0.4, -0.2) is 48.6 Å². The molecule has 0 aliphatic carbocycles. The van der Waals surface area contributed by atoms with E-state index in [0.29, 0.717) is 6.54 Å². The van der Waals surface area contributed by atoms with Gasteiger partial charge in [-0.15, -0.1) is 6.58 Å². The highest BCUT2D eigenvalue weighted by Gasteiger charge is 2.22. The molecule has 3 rings (SSSR count). The van der Waals surface area contributed by atoms with Crippen molar-refractivity contribution >= 4 is 32.7 Å². The van der Waals surface area contributed by atoms with Crippen LogP contribution in [0.25, 0.3) is 10.2 Å². The molecule has 6 heteroatoms. The lowest BCUT2D eigenvalue weighted by Gasteiger charge is -2.34. The van der Waals surface area contributed by atoms with Crippen LogP contribution in [0.1, 0.15) is 12.5 Å². The number of hydrogen-bond donors (Lipinski definition) is 1. The van der Waals surface area contributed by atoms with Gasteiger partial charge >= 0.3 is 6.03 Å². The van der Waals surface area contributed by atoms with Crippen molar-refractivity contribution in [2.24, 2.45) is 0 Å². The number of carbonyl (C=O) groups excluding carboxylic acids is 1. The number of piperazine rings is 1. The first-order valence-corrected chi connectivity index (χ1v) is 8.81. The van der Waals surface area contributed by atoms with Crippen molar-refractivity contribution in [3.05, 3.63) is 36.4 Å². The highest BCUT2D eigenvalue weighted by Crippen LogP contribution is 2.30. The van der Waals surface area contributed by atoms with Gasteiger partial charge in [0, 0.05) is 32.7 Å². The Balaban J connectivity index is 1.65. The van der Waals surface area contributed by atoms with E-state index in [-0.39, 0.29) is 6.03 Å². The number of nitrogens with one attached hydrogen (secondary N) is 1. The molecule has 1 fully saturated rings. The highest BCUT2D eigenvalue weighted by atomic mass is 32.1. The van der Waals surface area contributed by atoms with Gasteiger partial charge in [-0.05, 0) is 24.1 Å². The summed E-state index contributed by atoms with van der Waals surface area (Å²) in [4.78, 5) is 20.8. The number of amides is 2. The Morgan fingerprint density at radius 1 is 1.39 bits per heavy atom. The van der Waals surface area contributed by atoms with Crippen LogP contribution in [0, 0.1) is 0 Å². The predicted octanol–water partition coefficient (Wildman–Crippen LogP) is 2.88. The Bertz CT molecular complexity index is 704. The minimum absolute atomic E-state index is 0.0126. The molecule has 1 aliphatic rings. The first-order chi connectivity index (χ1) is 11.2. The number of aromatic nitrogens is 1. The molecule has 1 aliphatic heterocycles. The van der Waals surface area contributed by atoms with Crippen LogP contribution in [0.2, 0.25) is 0 Å². The van der Waals surface area contributed by atoms with Gasteiger partial charge in [0.1, 0.15) is 0 Å². The third-order valence-corrected chi connectivity index (χ3v) is 5.16. The van der Waals surface area contributed by atoms with E-state index in [1.807, 2.05) is 4.90 Å². The Morgan fingerprint density at radius 3 is 2.87 bits per heavy atom. The van der Waals surface area contributed by atoms with Crippen LogP contribution in [0.15, 0.2) is 30.9 Å². The molecule has 1 aromatic carbocycles. The van der Waals surface area contributed by atoms with Crippen LogP contribution in [0.5, 0.6) is 0 Å². The fraction of sp³-hybridized carbons (Fsp3) is 0.412. The zero-order valence-corrected chi connectivity index (χ0v) is 14.2. The quantitative estimate of drug-likeness (QED) is 0.877. The predicted molar refractivity (Wildman–Crippen MR) is 96.4 cm³/mol. The minimum Gasteiger partial charge on any atom is -0.345 e. The molecule has 2 heterocycles. The number of aryl methyl sites for hydroxylation is 1. The zero-order valence-electron chi connectivity index (χ0n) is 13.4. The van der Waals surface area contributed by atoms with Crippen LogP contribution < -0.4 is 10.2 Å². The van der Waals surface area contributed by atoms with Crippen LogP contribution in [0.4, 0.5) is 9.93 Å². The Labute approximate surface area is 140 Å². The summed E-state index contributed by atoms with van der Waals surface area (Å²) in [5.41, 5.74) is 2.41. The summed E-state index contributed by atoms with van der Waals surface area (Å²) >= 11 is 1.74. The summed E-state index contributed by atoms with van der Waals surface area (Å²) < 4.78 is 1.24. The van der Waals surface area contributed by atoms with Gasteiger partial charge in [0.05, 0.1) is 10.2 Å². The van der Waals surface area contributed by atoms with Gasteiger partial charge in [-0.3, -0.25) is 0 Å². The Hall–Kier alpha value is -2.08. The molecule has 0 unspecified atom stereocenters. The number of carbonyl (C=O) groups is 1. The van der Waals surface area contributed by atoms with Gasteiger partial charge in [-0.1, -0.05) is 30.4 Å². The molecular formula is C17H22N4OS. The zero-order chi connectivity index (χ0) is 16.2. The first-order valence-electron chi connectivity index (χ1n) is 7.99. The van der Waals surface area contributed by atoms with Crippen molar-refractivity contribution in [2.75, 3.05) is 37.6 Å². The number of anilines is 1. The van der Waals surface area contributed by atoms with E-state index >= 15 is 0 Å². The van der Waals surface area contributed by atoms with E-state index in [0.717, 1.165) is 43.2 Å². The molecule has 0 saturated carbocycles. The number of benzene rings is 1. The lowest BCUT2D eigenvalue weighted by molar-refractivity contribution is 0.195. The minimum atomic E-state index is -0.0126. The molecule has 2 aromatic rings. The summed E-state index contributed by atoms with van der Waals surface area (Å²) in [5, 5.41) is 3.88. The summed E-state index contributed by atoms with van der Waals surface area (Å²) in [6, 6.07) is 6.47. The van der Waals surface area contributed by atoms with Gasteiger partial charge in [0.2, 0.25) is 0 Å². The van der Waals surface area contributed by atoms with E-state index in [1.165, 1.54) is 10.3 Å². The smallest absolute Gasteiger partial charge is 0.317 e. The number of rotatable bonds is 4. The van der Waals surface area contributed by atoms with Gasteiger partial charge in [-0.2, -0.15) is 0 Å². The van der Waals surface area contributed by atoms with Crippen molar-refractivity contribution in [1.29, 1.82) is 0 Å². The standard InChI is InChI=1S/C17H22N4OS/c1-3-7-18-16(22)20-8-10-21(11-9-20)17-19-14-6-5-13(4-2)12-15(14)23-17/h3,5-6,12H,1,4,7-11H2,2H3,(H,18,22). The number of nitrogens with zero attached hydrogens (tertiary/aromatic N) is 3. The summed E-state index contributed by atoms with van der Waals surface area (Å²) in [6.45, 7) is 9.38. The average Bonchev–Trinajstić information content (AvgIpc) is 3.02. The Morgan fingerprint density at radius 2 is 2.17 bits per heavy atom. The van der Waals surface area contributed by atoms with E-state index in [4.69, 9.17) is 4.98 Å². The third kappa shape index (κ3) is 3.47. The molecular weight excluding hydrogens is 308 g/mol. The number of urea groups is 1. The Kier molecular flexibility index (Phi) is 4.81. The molecule has 5 nitrogen and oxygen atoms in total. The van der Waals surface area contributed by atoms with E-state index < -0.39 is 0 Å². The molecule has 0 bridgehead atoms. The molecule has 0 spiro atoms. The third-order valence-electron chi connectivity index (χ3n) is 4.08. The van der Waals surface area contributed by atoms with Crippen molar-refractivity contribution < 1.29 is 4.79 Å². The van der Waals surface area contributed by atoms with Crippen molar-refractivity contribution in [3.8, 4) is 0 Å². The normalized spacial score (nSPS) is 15.0.